The van der Waals surface area contributed by atoms with E-state index in [4.69, 9.17) is 5.73 Å². The molecule has 0 bridgehead atoms. The van der Waals surface area contributed by atoms with Crippen molar-refractivity contribution in [3.63, 3.8) is 0 Å². The molecule has 2 N–H and O–H groups in total. The lowest BCUT2D eigenvalue weighted by Gasteiger charge is -2.18. The summed E-state index contributed by atoms with van der Waals surface area (Å²) in [6.45, 7) is 0.471. The van der Waals surface area contributed by atoms with Crippen molar-refractivity contribution < 1.29 is 18.0 Å². The number of nitrogens with two attached hydrogens (primary N) is 1. The summed E-state index contributed by atoms with van der Waals surface area (Å²) < 4.78 is 36.9. The van der Waals surface area contributed by atoms with Crippen LogP contribution in [0.5, 0.6) is 0 Å². The van der Waals surface area contributed by atoms with Crippen LogP contribution in [0.4, 0.5) is 18.9 Å². The molecule has 4 nitrogen and oxygen atoms in total. The number of hydrogen-bond donors (Lipinski definition) is 1. The van der Waals surface area contributed by atoms with Crippen molar-refractivity contribution in [1.82, 2.24) is 9.88 Å². The van der Waals surface area contributed by atoms with Crippen LogP contribution in [-0.2, 0) is 0 Å². The molecule has 108 valence electrons. The highest BCUT2D eigenvalue weighted by atomic mass is 32.1. The van der Waals surface area contributed by atoms with E-state index in [-0.39, 0.29) is 10.6 Å². The average molecular weight is 303 g/mol. The van der Waals surface area contributed by atoms with E-state index in [1.807, 2.05) is 0 Å². The van der Waals surface area contributed by atoms with Gasteiger partial charge in [-0.3, -0.25) is 4.79 Å². The highest BCUT2D eigenvalue weighted by Gasteiger charge is 2.32. The molecule has 0 aliphatic carbocycles. The minimum atomic E-state index is -4.44. The van der Waals surface area contributed by atoms with Gasteiger partial charge in [0.05, 0.1) is 5.69 Å². The Hall–Kier alpha value is -1.83. The molecule has 0 fully saturated rings. The minimum absolute atomic E-state index is 0.0878. The van der Waals surface area contributed by atoms with Crippen LogP contribution in [0.3, 0.4) is 0 Å². The summed E-state index contributed by atoms with van der Waals surface area (Å²) in [7, 11) is 1.10. The Bertz CT molecular complexity index is 666. The van der Waals surface area contributed by atoms with E-state index in [1.165, 1.54) is 0 Å². The normalized spacial score (nSPS) is 11.8. The Morgan fingerprint density at radius 2 is 2.10 bits per heavy atom. The van der Waals surface area contributed by atoms with Crippen molar-refractivity contribution in [2.24, 2.45) is 0 Å². The van der Waals surface area contributed by atoms with Crippen molar-refractivity contribution >= 4 is 33.1 Å². The first-order valence-electron chi connectivity index (χ1n) is 5.67. The summed E-state index contributed by atoms with van der Waals surface area (Å²) >= 11 is 1.01. The highest BCUT2D eigenvalue weighted by molar-refractivity contribution is 7.21. The first-order chi connectivity index (χ1) is 9.19. The topological polar surface area (TPSA) is 59.2 Å². The number of halogens is 3. The molecule has 0 aliphatic rings. The number of nitrogen functional groups attached to an aromatic ring is 1. The lowest BCUT2D eigenvalue weighted by molar-refractivity contribution is -0.138. The number of amides is 1. The number of nitrogens with zero attached hydrogens (tertiary/aromatic N) is 2. The Kier molecular flexibility index (Phi) is 3.59. The van der Waals surface area contributed by atoms with Crippen LogP contribution < -0.4 is 5.73 Å². The molecule has 0 atom stereocenters. The van der Waals surface area contributed by atoms with Crippen LogP contribution in [0.15, 0.2) is 12.1 Å². The third-order valence-corrected chi connectivity index (χ3v) is 3.79. The number of aromatic nitrogens is 1. The summed E-state index contributed by atoms with van der Waals surface area (Å²) in [5.74, 6) is -0.750. The maximum absolute atomic E-state index is 12.3. The molecule has 20 heavy (non-hydrogen) atoms. The smallest absolute Gasteiger partial charge is 0.397 e. The fourth-order valence-electron chi connectivity index (χ4n) is 1.76. The van der Waals surface area contributed by atoms with Crippen molar-refractivity contribution in [3.05, 3.63) is 22.7 Å². The standard InChI is InChI=1S/C12H12F3N3OS/c1-6-3-4-7-8(16)9(20-10(7)17-6)11(19)18(2)5-12(13,14)15/h3-4H,5,16H2,1-2H3. The zero-order chi connectivity index (χ0) is 15.1. The van der Waals surface area contributed by atoms with Gasteiger partial charge in [-0.2, -0.15) is 13.2 Å². The van der Waals surface area contributed by atoms with E-state index in [0.717, 1.165) is 24.1 Å². The molecule has 0 saturated carbocycles. The number of carbonyl (C=O) groups is 1. The zero-order valence-electron chi connectivity index (χ0n) is 10.8. The van der Waals surface area contributed by atoms with E-state index in [1.54, 1.807) is 19.1 Å². The summed E-state index contributed by atoms with van der Waals surface area (Å²) in [6, 6.07) is 3.45. The fourth-order valence-corrected chi connectivity index (χ4v) is 2.90. The van der Waals surface area contributed by atoms with Gasteiger partial charge in [0.2, 0.25) is 0 Å². The first-order valence-corrected chi connectivity index (χ1v) is 6.48. The van der Waals surface area contributed by atoms with Crippen molar-refractivity contribution in [2.75, 3.05) is 19.3 Å². The number of fused-ring (bicyclic) bond motifs is 1. The van der Waals surface area contributed by atoms with Crippen LogP contribution in [0.1, 0.15) is 15.4 Å². The molecule has 0 aromatic carbocycles. The third kappa shape index (κ3) is 2.84. The van der Waals surface area contributed by atoms with E-state index >= 15 is 0 Å². The Labute approximate surface area is 117 Å². The number of hydrogen-bond acceptors (Lipinski definition) is 4. The first kappa shape index (κ1) is 14.6. The van der Waals surface area contributed by atoms with Gasteiger partial charge in [-0.1, -0.05) is 0 Å². The number of alkyl halides is 3. The van der Waals surface area contributed by atoms with Gasteiger partial charge in [-0.15, -0.1) is 11.3 Å². The highest BCUT2D eigenvalue weighted by Crippen LogP contribution is 2.33. The number of aryl methyl sites for hydroxylation is 1. The van der Waals surface area contributed by atoms with Gasteiger partial charge in [0.1, 0.15) is 16.3 Å². The van der Waals surface area contributed by atoms with Gasteiger partial charge in [-0.05, 0) is 19.1 Å². The number of anilines is 1. The van der Waals surface area contributed by atoms with Crippen LogP contribution >= 0.6 is 11.3 Å². The molecule has 8 heteroatoms. The molecule has 2 aromatic heterocycles. The molecular formula is C12H12F3N3OS. The predicted octanol–water partition coefficient (Wildman–Crippen LogP) is 2.82. The number of rotatable bonds is 2. The van der Waals surface area contributed by atoms with E-state index in [9.17, 15) is 18.0 Å². The van der Waals surface area contributed by atoms with E-state index < -0.39 is 18.6 Å². The molecule has 0 spiro atoms. The van der Waals surface area contributed by atoms with Gasteiger partial charge < -0.3 is 10.6 Å². The van der Waals surface area contributed by atoms with Crippen LogP contribution in [0, 0.1) is 6.92 Å². The second-order valence-corrected chi connectivity index (χ2v) is 5.43. The minimum Gasteiger partial charge on any atom is -0.397 e. The number of thiophene rings is 1. The molecule has 2 rings (SSSR count). The maximum Gasteiger partial charge on any atom is 0.406 e. The van der Waals surface area contributed by atoms with Gasteiger partial charge in [-0.25, -0.2) is 4.98 Å². The summed E-state index contributed by atoms with van der Waals surface area (Å²) in [6.07, 6.45) is -4.44. The molecule has 1 amide bonds. The number of pyridine rings is 1. The molecule has 0 saturated heterocycles. The molecule has 0 radical (unpaired) electrons. The van der Waals surface area contributed by atoms with Gasteiger partial charge >= 0.3 is 6.18 Å². The molecule has 0 unspecified atom stereocenters. The summed E-state index contributed by atoms with van der Waals surface area (Å²) in [5.41, 5.74) is 6.76. The van der Waals surface area contributed by atoms with E-state index in [2.05, 4.69) is 4.98 Å². The van der Waals surface area contributed by atoms with Crippen LogP contribution in [0.2, 0.25) is 0 Å². The molecule has 0 aliphatic heterocycles. The van der Waals surface area contributed by atoms with Crippen LogP contribution in [-0.4, -0.2) is 35.6 Å². The van der Waals surface area contributed by atoms with Gasteiger partial charge in [0, 0.05) is 18.1 Å². The Morgan fingerprint density at radius 1 is 1.45 bits per heavy atom. The molecule has 2 aromatic rings. The predicted molar refractivity (Wildman–Crippen MR) is 71.8 cm³/mol. The van der Waals surface area contributed by atoms with Crippen molar-refractivity contribution in [3.8, 4) is 0 Å². The quantitative estimate of drug-likeness (QED) is 0.928. The zero-order valence-corrected chi connectivity index (χ0v) is 11.6. The maximum atomic E-state index is 12.3. The van der Waals surface area contributed by atoms with E-state index in [0.29, 0.717) is 15.1 Å². The second kappa shape index (κ2) is 4.93. The summed E-state index contributed by atoms with van der Waals surface area (Å²) in [4.78, 5) is 17.5. The second-order valence-electron chi connectivity index (χ2n) is 4.43. The van der Waals surface area contributed by atoms with Gasteiger partial charge in [0.25, 0.3) is 5.91 Å². The SMILES string of the molecule is Cc1ccc2c(N)c(C(=O)N(C)CC(F)(F)F)sc2n1. The van der Waals surface area contributed by atoms with Gasteiger partial charge in [0.15, 0.2) is 0 Å². The summed E-state index contributed by atoms with van der Waals surface area (Å²) in [5, 5.41) is 0.587. The van der Waals surface area contributed by atoms with Crippen LogP contribution in [0.25, 0.3) is 10.2 Å². The lowest BCUT2D eigenvalue weighted by atomic mass is 10.2. The monoisotopic (exact) mass is 303 g/mol. The molecular weight excluding hydrogens is 291 g/mol. The van der Waals surface area contributed by atoms with Crippen molar-refractivity contribution in [2.45, 2.75) is 13.1 Å². The fraction of sp³-hybridized carbons (Fsp3) is 0.333. The lowest BCUT2D eigenvalue weighted by Crippen LogP contribution is -2.35. The molecule has 2 heterocycles. The average Bonchev–Trinajstić information content (AvgIpc) is 2.63. The Balaban J connectivity index is 2.37. The Morgan fingerprint density at radius 3 is 2.70 bits per heavy atom. The largest absolute Gasteiger partial charge is 0.406 e. The number of carbonyl (C=O) groups excluding carboxylic acids is 1. The third-order valence-electron chi connectivity index (χ3n) is 2.69. The van der Waals surface area contributed by atoms with Crippen molar-refractivity contribution in [1.29, 1.82) is 0 Å².